The van der Waals surface area contributed by atoms with E-state index in [1.165, 1.54) is 6.20 Å². The number of para-hydroxylation sites is 1. The van der Waals surface area contributed by atoms with E-state index in [1.807, 2.05) is 99.0 Å². The number of aryl methyl sites for hydroxylation is 3. The van der Waals surface area contributed by atoms with Crippen LogP contribution in [-0.2, 0) is 5.41 Å². The second-order valence-corrected chi connectivity index (χ2v) is 17.3. The minimum atomic E-state index is -2.85. The predicted molar refractivity (Wildman–Crippen MR) is 254 cm³/mol. The average Bonchev–Trinajstić information content (AvgIpc) is 3.67. The van der Waals surface area contributed by atoms with Crippen LogP contribution >= 0.6 is 0 Å². The van der Waals surface area contributed by atoms with E-state index in [0.717, 1.165) is 33.4 Å². The Labute approximate surface area is 372 Å². The van der Waals surface area contributed by atoms with Gasteiger partial charge in [-0.05, 0) is 155 Å². The SMILES string of the molecule is [2H]c1c([2H])c(C([2H])([2H])[2H])c([2H])c([2H])c1-c1ccnc(-c2cc(-c3cccc4c3nc(-c3cc(C)cc(C)c3O)n4-c3ccc(-c4c(C(C)C)cccc4C([2H])(C)C)cc3C([2H])([2H])[2H])cc(C(C)(C)C)c2)c1. The number of imidazole rings is 1. The molecule has 0 saturated heterocycles. The minimum Gasteiger partial charge on any atom is -0.507 e. The third-order valence-corrected chi connectivity index (χ3v) is 11.2. The van der Waals surface area contributed by atoms with Gasteiger partial charge in [-0.3, -0.25) is 9.55 Å². The molecule has 8 rings (SSSR count). The highest BCUT2D eigenvalue weighted by molar-refractivity contribution is 5.97. The molecule has 0 bridgehead atoms. The summed E-state index contributed by atoms with van der Waals surface area (Å²) >= 11 is 0. The van der Waals surface area contributed by atoms with Crippen LogP contribution in [0.4, 0.5) is 0 Å². The number of aromatic hydroxyl groups is 1. The molecule has 8 aromatic rings. The summed E-state index contributed by atoms with van der Waals surface area (Å²) in [6.07, 6.45) is 1.52. The summed E-state index contributed by atoms with van der Waals surface area (Å²) in [5, 5.41) is 11.8. The molecule has 0 saturated carbocycles. The van der Waals surface area contributed by atoms with Gasteiger partial charge < -0.3 is 5.11 Å². The molecule has 302 valence electrons. The van der Waals surface area contributed by atoms with E-state index in [1.54, 1.807) is 24.3 Å². The van der Waals surface area contributed by atoms with Crippen molar-refractivity contribution in [2.45, 2.75) is 93.2 Å². The molecule has 0 amide bonds. The van der Waals surface area contributed by atoms with E-state index in [0.29, 0.717) is 61.6 Å². The lowest BCUT2D eigenvalue weighted by atomic mass is 9.83. The molecule has 4 heteroatoms. The van der Waals surface area contributed by atoms with Crippen LogP contribution in [0.1, 0.15) is 114 Å². The molecule has 0 unspecified atom stereocenters. The van der Waals surface area contributed by atoms with Gasteiger partial charge in [-0.1, -0.05) is 127 Å². The van der Waals surface area contributed by atoms with Gasteiger partial charge in [0.05, 0.1) is 33.5 Å². The van der Waals surface area contributed by atoms with E-state index >= 15 is 0 Å². The number of phenols is 1. The molecule has 2 aromatic heterocycles. The first-order valence-corrected chi connectivity index (χ1v) is 20.3. The predicted octanol–water partition coefficient (Wildman–Crippen LogP) is 15.2. The summed E-state index contributed by atoms with van der Waals surface area (Å²) in [4.78, 5) is 10.1. The Bertz CT molecular complexity index is 3400. The van der Waals surface area contributed by atoms with E-state index in [4.69, 9.17) is 25.0 Å². The molecule has 0 radical (unpaired) electrons. The Morgan fingerprint density at radius 1 is 0.683 bits per heavy atom. The molecule has 1 N–H and O–H groups in total. The molecular formula is C56H57N3O. The molecule has 0 fully saturated rings. The topological polar surface area (TPSA) is 50.9 Å². The van der Waals surface area contributed by atoms with Gasteiger partial charge in [0.25, 0.3) is 0 Å². The van der Waals surface area contributed by atoms with Crippen molar-refractivity contribution < 1.29 is 20.2 Å². The van der Waals surface area contributed by atoms with Crippen LogP contribution in [0.15, 0.2) is 127 Å². The Kier molecular flexibility index (Phi) is 7.61. The first kappa shape index (κ1) is 29.0. The van der Waals surface area contributed by atoms with Crippen LogP contribution in [0.3, 0.4) is 0 Å². The maximum atomic E-state index is 11.8. The molecule has 60 heavy (non-hydrogen) atoms. The van der Waals surface area contributed by atoms with Crippen LogP contribution in [0.25, 0.3) is 72.7 Å². The maximum Gasteiger partial charge on any atom is 0.149 e. The Morgan fingerprint density at radius 2 is 1.43 bits per heavy atom. The van der Waals surface area contributed by atoms with E-state index in [9.17, 15) is 5.11 Å². The molecule has 4 nitrogen and oxygen atoms in total. The summed E-state index contributed by atoms with van der Waals surface area (Å²) in [7, 11) is 0. The zero-order chi connectivity index (χ0) is 52.0. The van der Waals surface area contributed by atoms with Crippen molar-refractivity contribution in [1.29, 1.82) is 0 Å². The third-order valence-electron chi connectivity index (χ3n) is 11.2. The van der Waals surface area contributed by atoms with Gasteiger partial charge >= 0.3 is 0 Å². The van der Waals surface area contributed by atoms with Crippen LogP contribution in [-0.4, -0.2) is 19.6 Å². The standard InChI is InChI=1S/C56H57N3O/c1-33(2)45-14-12-15-46(34(3)4)52(45)41-22-23-50(37(7)28-41)59-51-17-13-16-47(53(51)58-55(59)48-27-36(6)26-38(8)54(48)60)42-29-43(31-44(30-42)56(9,10)11)49-32-40(24-25-57-49)39-20-18-35(5)19-21-39/h12-34,60H,1-11H3/i5D3,7D3,18D,19D,20D,21D,33D. The van der Waals surface area contributed by atoms with Crippen molar-refractivity contribution in [1.82, 2.24) is 14.5 Å². The minimum absolute atomic E-state index is 0.00621. The fraction of sp³-hybridized carbons (Fsp3) is 0.250. The molecule has 0 aliphatic carbocycles. The summed E-state index contributed by atoms with van der Waals surface area (Å²) in [6, 6.07) is 27.9. The number of benzene rings is 6. The van der Waals surface area contributed by atoms with E-state index in [-0.39, 0.29) is 28.2 Å². The summed E-state index contributed by atoms with van der Waals surface area (Å²) < 4.78 is 96.5. The van der Waals surface area contributed by atoms with Crippen LogP contribution in [0.5, 0.6) is 5.75 Å². The first-order chi connectivity index (χ1) is 33.0. The molecule has 0 spiro atoms. The van der Waals surface area contributed by atoms with Crippen molar-refractivity contribution in [3.63, 3.8) is 0 Å². The fourth-order valence-electron chi connectivity index (χ4n) is 8.13. The quantitative estimate of drug-likeness (QED) is 0.167. The van der Waals surface area contributed by atoms with Crippen molar-refractivity contribution >= 4 is 11.0 Å². The largest absolute Gasteiger partial charge is 0.507 e. The number of hydrogen-bond donors (Lipinski definition) is 1. The van der Waals surface area contributed by atoms with Gasteiger partial charge in [-0.15, -0.1) is 0 Å². The summed E-state index contributed by atoms with van der Waals surface area (Å²) in [6.45, 7) is 12.3. The number of hydrogen-bond acceptors (Lipinski definition) is 3. The fourth-order valence-corrected chi connectivity index (χ4v) is 8.13. The lowest BCUT2D eigenvalue weighted by Gasteiger charge is -2.22. The highest BCUT2D eigenvalue weighted by Gasteiger charge is 2.24. The second kappa shape index (κ2) is 15.7. The Hall–Kier alpha value is -6.26. The van der Waals surface area contributed by atoms with Gasteiger partial charge in [-0.2, -0.15) is 0 Å². The number of fused-ring (bicyclic) bond motifs is 1. The van der Waals surface area contributed by atoms with Crippen molar-refractivity contribution in [3.8, 4) is 67.5 Å². The zero-order valence-electron chi connectivity index (χ0n) is 46.7. The zero-order valence-corrected chi connectivity index (χ0v) is 35.7. The Balaban J connectivity index is 1.40. The normalized spacial score (nSPS) is 15.2. The molecule has 0 atom stereocenters. The second-order valence-electron chi connectivity index (χ2n) is 17.3. The third kappa shape index (κ3) is 7.56. The van der Waals surface area contributed by atoms with Crippen molar-refractivity contribution in [2.75, 3.05) is 0 Å². The number of phenolic OH excluding ortho intramolecular Hbond substituents is 1. The van der Waals surface area contributed by atoms with Gasteiger partial charge in [0.15, 0.2) is 0 Å². The highest BCUT2D eigenvalue weighted by Crippen LogP contribution is 2.43. The lowest BCUT2D eigenvalue weighted by molar-refractivity contribution is 0.472. The van der Waals surface area contributed by atoms with Gasteiger partial charge in [-0.25, -0.2) is 4.98 Å². The molecule has 0 aliphatic rings. The van der Waals surface area contributed by atoms with Crippen LogP contribution in [0.2, 0.25) is 0 Å². The summed E-state index contributed by atoms with van der Waals surface area (Å²) in [5.41, 5.74) is 9.49. The van der Waals surface area contributed by atoms with Crippen LogP contribution < -0.4 is 0 Å². The monoisotopic (exact) mass is 799 g/mol. The highest BCUT2D eigenvalue weighted by atomic mass is 16.3. The van der Waals surface area contributed by atoms with Crippen LogP contribution in [0, 0.1) is 27.6 Å². The smallest absolute Gasteiger partial charge is 0.149 e. The first-order valence-electron chi connectivity index (χ1n) is 25.8. The van der Waals surface area contributed by atoms with Crippen molar-refractivity contribution in [2.24, 2.45) is 0 Å². The molecular weight excluding hydrogens is 731 g/mol. The number of rotatable bonds is 8. The van der Waals surface area contributed by atoms with Gasteiger partial charge in [0.2, 0.25) is 0 Å². The van der Waals surface area contributed by atoms with E-state index < -0.39 is 49.3 Å². The van der Waals surface area contributed by atoms with Gasteiger partial charge in [0.1, 0.15) is 11.6 Å². The van der Waals surface area contributed by atoms with Gasteiger partial charge in [0, 0.05) is 26.9 Å². The Morgan fingerprint density at radius 3 is 2.15 bits per heavy atom. The molecule has 6 aromatic carbocycles. The number of aromatic nitrogens is 3. The summed E-state index contributed by atoms with van der Waals surface area (Å²) in [5.74, 6) is -0.570. The number of pyridine rings is 1. The van der Waals surface area contributed by atoms with Crippen molar-refractivity contribution in [3.05, 3.63) is 166 Å². The van der Waals surface area contributed by atoms with E-state index in [2.05, 4.69) is 40.7 Å². The lowest BCUT2D eigenvalue weighted by Crippen LogP contribution is -2.11. The molecule has 0 aliphatic heterocycles. The molecule has 2 heterocycles. The average molecular weight is 799 g/mol. The maximum absolute atomic E-state index is 11.8. The number of nitrogens with zero attached hydrogens (tertiary/aromatic N) is 3.